The first kappa shape index (κ1) is 39.5. The smallest absolute Gasteiger partial charge is 0.410 e. The van der Waals surface area contributed by atoms with E-state index < -0.39 is 51.1 Å². The van der Waals surface area contributed by atoms with Crippen LogP contribution in [-0.2, 0) is 45.7 Å². The number of nitrogens with zero attached hydrogens (tertiary/aromatic N) is 2. The zero-order valence-corrected chi connectivity index (χ0v) is 31.9. The van der Waals surface area contributed by atoms with E-state index in [0.717, 1.165) is 11.1 Å². The standard InChI is InChI=1S/C40H50N4O8S/c1-6-51-36(46)33(42-35(45)34-13-10-24-44(34)53(49,50)32-20-14-28(2)15-21-32)27-29-16-18-31(19-17-29)41-37(47)40(30-11-8-7-9-12-30)22-25-43(26-23-40)38(48)52-39(3,4)5/h7-9,11-12,14-21,33-34H,6,10,13,22-27H2,1-5H3,(H,41,47)(H,42,45)/t33-,34-/m0/s1. The Morgan fingerprint density at radius 2 is 1.55 bits per heavy atom. The van der Waals surface area contributed by atoms with Gasteiger partial charge in [-0.15, -0.1) is 0 Å². The number of sulfonamides is 1. The fourth-order valence-corrected chi connectivity index (χ4v) is 8.51. The van der Waals surface area contributed by atoms with Gasteiger partial charge >= 0.3 is 12.1 Å². The summed E-state index contributed by atoms with van der Waals surface area (Å²) in [5, 5.41) is 5.83. The summed E-state index contributed by atoms with van der Waals surface area (Å²) in [5.41, 5.74) is 1.51. The number of anilines is 1. The average molecular weight is 747 g/mol. The predicted octanol–water partition coefficient (Wildman–Crippen LogP) is 5.35. The second-order valence-corrected chi connectivity index (χ2v) is 16.6. The molecule has 12 nitrogen and oxygen atoms in total. The minimum Gasteiger partial charge on any atom is -0.464 e. The zero-order valence-electron chi connectivity index (χ0n) is 31.1. The molecule has 2 N–H and O–H groups in total. The maximum atomic E-state index is 14.1. The number of ether oxygens (including phenoxy) is 2. The van der Waals surface area contributed by atoms with E-state index in [-0.39, 0.29) is 30.4 Å². The molecule has 0 radical (unpaired) electrons. The highest BCUT2D eigenvalue weighted by Gasteiger charge is 2.45. The van der Waals surface area contributed by atoms with Crippen LogP contribution in [0.15, 0.2) is 83.8 Å². The summed E-state index contributed by atoms with van der Waals surface area (Å²) in [4.78, 5) is 55.2. The van der Waals surface area contributed by atoms with Gasteiger partial charge in [0.05, 0.1) is 16.9 Å². The van der Waals surface area contributed by atoms with Crippen LogP contribution in [0.25, 0.3) is 0 Å². The molecular formula is C40H50N4O8S. The van der Waals surface area contributed by atoms with Crippen LogP contribution in [0, 0.1) is 6.92 Å². The number of likely N-dealkylation sites (tertiary alicyclic amines) is 1. The van der Waals surface area contributed by atoms with E-state index in [9.17, 15) is 27.6 Å². The Labute approximate surface area is 312 Å². The molecule has 3 aromatic carbocycles. The van der Waals surface area contributed by atoms with Crippen LogP contribution in [0.4, 0.5) is 10.5 Å². The maximum absolute atomic E-state index is 14.1. The number of carbonyl (C=O) groups excluding carboxylic acids is 4. The number of rotatable bonds is 11. The molecule has 2 aliphatic rings. The molecular weight excluding hydrogens is 697 g/mol. The molecule has 0 spiro atoms. The van der Waals surface area contributed by atoms with E-state index in [4.69, 9.17) is 9.47 Å². The Bertz CT molecular complexity index is 1870. The van der Waals surface area contributed by atoms with Crippen LogP contribution in [0.5, 0.6) is 0 Å². The summed E-state index contributed by atoms with van der Waals surface area (Å²) in [7, 11) is -3.93. The van der Waals surface area contributed by atoms with Crippen molar-refractivity contribution in [2.45, 2.75) is 94.7 Å². The number of carbonyl (C=O) groups is 4. The van der Waals surface area contributed by atoms with Crippen molar-refractivity contribution in [3.05, 3.63) is 95.6 Å². The van der Waals surface area contributed by atoms with Gasteiger partial charge in [-0.1, -0.05) is 60.2 Å². The Morgan fingerprint density at radius 1 is 0.906 bits per heavy atom. The van der Waals surface area contributed by atoms with Crippen molar-refractivity contribution in [3.8, 4) is 0 Å². The molecule has 2 atom stereocenters. The van der Waals surface area contributed by atoms with E-state index in [1.165, 1.54) is 16.4 Å². The van der Waals surface area contributed by atoms with Gasteiger partial charge < -0.3 is 25.0 Å². The molecule has 2 heterocycles. The van der Waals surface area contributed by atoms with Crippen molar-refractivity contribution in [2.24, 2.45) is 0 Å². The lowest BCUT2D eigenvalue weighted by Gasteiger charge is -2.41. The molecule has 284 valence electrons. The van der Waals surface area contributed by atoms with Gasteiger partial charge in [0, 0.05) is 31.7 Å². The van der Waals surface area contributed by atoms with Gasteiger partial charge in [0.25, 0.3) is 0 Å². The highest BCUT2D eigenvalue weighted by Crippen LogP contribution is 2.37. The number of hydrogen-bond donors (Lipinski definition) is 2. The summed E-state index contributed by atoms with van der Waals surface area (Å²) in [6, 6.07) is 21.0. The Morgan fingerprint density at radius 3 is 2.15 bits per heavy atom. The van der Waals surface area contributed by atoms with Crippen molar-refractivity contribution >= 4 is 39.6 Å². The Balaban J connectivity index is 1.27. The number of aryl methyl sites for hydroxylation is 1. The zero-order chi connectivity index (χ0) is 38.4. The highest BCUT2D eigenvalue weighted by atomic mass is 32.2. The van der Waals surface area contributed by atoms with E-state index >= 15 is 0 Å². The number of nitrogens with one attached hydrogen (secondary N) is 2. The normalized spacial score (nSPS) is 18.1. The molecule has 2 fully saturated rings. The third-order valence-electron chi connectivity index (χ3n) is 9.70. The summed E-state index contributed by atoms with van der Waals surface area (Å²) >= 11 is 0. The molecule has 13 heteroatoms. The third kappa shape index (κ3) is 9.44. The van der Waals surface area contributed by atoms with Gasteiger partial charge in [0.2, 0.25) is 21.8 Å². The quantitative estimate of drug-likeness (QED) is 0.250. The number of piperidine rings is 1. The lowest BCUT2D eigenvalue weighted by atomic mass is 9.72. The summed E-state index contributed by atoms with van der Waals surface area (Å²) in [5.74, 6) is -1.39. The van der Waals surface area contributed by atoms with Crippen LogP contribution in [-0.4, -0.2) is 85.4 Å². The van der Waals surface area contributed by atoms with Crippen LogP contribution in [0.1, 0.15) is 70.1 Å². The number of benzene rings is 3. The Hall–Kier alpha value is -4.75. The molecule has 0 bridgehead atoms. The minimum absolute atomic E-state index is 0.0880. The van der Waals surface area contributed by atoms with Gasteiger partial charge in [-0.25, -0.2) is 18.0 Å². The van der Waals surface area contributed by atoms with Crippen molar-refractivity contribution in [3.63, 3.8) is 0 Å². The highest BCUT2D eigenvalue weighted by molar-refractivity contribution is 7.89. The van der Waals surface area contributed by atoms with Crippen molar-refractivity contribution in [1.29, 1.82) is 0 Å². The molecule has 53 heavy (non-hydrogen) atoms. The minimum atomic E-state index is -3.93. The van der Waals surface area contributed by atoms with Crippen molar-refractivity contribution in [1.82, 2.24) is 14.5 Å². The molecule has 3 aromatic rings. The lowest BCUT2D eigenvalue weighted by Crippen LogP contribution is -2.51. The van der Waals surface area contributed by atoms with Gasteiger partial charge in [0.15, 0.2) is 0 Å². The topological polar surface area (TPSA) is 151 Å². The lowest BCUT2D eigenvalue weighted by molar-refractivity contribution is -0.147. The number of esters is 1. The third-order valence-corrected chi connectivity index (χ3v) is 11.6. The van der Waals surface area contributed by atoms with Crippen LogP contribution < -0.4 is 10.6 Å². The van der Waals surface area contributed by atoms with E-state index in [1.54, 1.807) is 48.2 Å². The van der Waals surface area contributed by atoms with Crippen LogP contribution in [0.3, 0.4) is 0 Å². The molecule has 3 amide bonds. The van der Waals surface area contributed by atoms with Gasteiger partial charge in [-0.2, -0.15) is 4.31 Å². The molecule has 0 aliphatic carbocycles. The molecule has 0 saturated carbocycles. The van der Waals surface area contributed by atoms with Crippen molar-refractivity contribution < 1.29 is 37.1 Å². The number of amides is 3. The first-order chi connectivity index (χ1) is 25.1. The van der Waals surface area contributed by atoms with Crippen LogP contribution in [0.2, 0.25) is 0 Å². The second kappa shape index (κ2) is 16.5. The number of hydrogen-bond acceptors (Lipinski definition) is 8. The summed E-state index contributed by atoms with van der Waals surface area (Å²) < 4.78 is 39.0. The molecule has 5 rings (SSSR count). The van der Waals surface area contributed by atoms with E-state index in [0.29, 0.717) is 50.0 Å². The monoisotopic (exact) mass is 746 g/mol. The summed E-state index contributed by atoms with van der Waals surface area (Å²) in [6.45, 7) is 10.0. The van der Waals surface area contributed by atoms with Crippen LogP contribution >= 0.6 is 0 Å². The fraction of sp³-hybridized carbons (Fsp3) is 0.450. The SMILES string of the molecule is CCOC(=O)[C@H](Cc1ccc(NC(=O)C2(c3ccccc3)CCN(C(=O)OC(C)(C)C)CC2)cc1)NC(=O)[C@@H]1CCCN1S(=O)(=O)c1ccc(C)cc1. The van der Waals surface area contributed by atoms with Gasteiger partial charge in [-0.05, 0) is 95.7 Å². The second-order valence-electron chi connectivity index (χ2n) is 14.7. The molecule has 2 saturated heterocycles. The van der Waals surface area contributed by atoms with E-state index in [2.05, 4.69) is 10.6 Å². The maximum Gasteiger partial charge on any atom is 0.410 e. The first-order valence-electron chi connectivity index (χ1n) is 18.1. The van der Waals surface area contributed by atoms with Gasteiger partial charge in [-0.3, -0.25) is 9.59 Å². The fourth-order valence-electron chi connectivity index (χ4n) is 6.85. The molecule has 0 aromatic heterocycles. The Kier molecular flexibility index (Phi) is 12.3. The average Bonchev–Trinajstić information content (AvgIpc) is 3.64. The predicted molar refractivity (Wildman–Crippen MR) is 201 cm³/mol. The molecule has 0 unspecified atom stereocenters. The first-order valence-corrected chi connectivity index (χ1v) is 19.6. The largest absolute Gasteiger partial charge is 0.464 e. The summed E-state index contributed by atoms with van der Waals surface area (Å²) in [6.07, 6.45) is 1.33. The van der Waals surface area contributed by atoms with E-state index in [1.807, 2.05) is 58.0 Å². The van der Waals surface area contributed by atoms with Gasteiger partial charge in [0.1, 0.15) is 17.7 Å². The van der Waals surface area contributed by atoms with Crippen molar-refractivity contribution in [2.75, 3.05) is 31.6 Å². The molecule has 2 aliphatic heterocycles.